The molecule has 0 amide bonds. The largest absolute Gasteiger partial charge is 0.447 e. The lowest BCUT2D eigenvalue weighted by Crippen LogP contribution is -2.32. The van der Waals surface area contributed by atoms with Crippen molar-refractivity contribution in [3.63, 3.8) is 0 Å². The van der Waals surface area contributed by atoms with Gasteiger partial charge >= 0.3 is 0 Å². The highest BCUT2D eigenvalue weighted by Gasteiger charge is 2.30. The highest BCUT2D eigenvalue weighted by atomic mass is 16.3. The van der Waals surface area contributed by atoms with Crippen LogP contribution >= 0.6 is 0 Å². The highest BCUT2D eigenvalue weighted by molar-refractivity contribution is 5.85. The van der Waals surface area contributed by atoms with Crippen molar-refractivity contribution in [2.24, 2.45) is 0 Å². The molecule has 118 valence electrons. The molecule has 0 unspecified atom stereocenters. The zero-order chi connectivity index (χ0) is 15.6. The zero-order valence-electron chi connectivity index (χ0n) is 13.3. The SMILES string of the molecule is CC/C=C\C[C@@H]1N[C@H](c2cnco2)Cc2c1[nH]c1ccccc21. The third-order valence-corrected chi connectivity index (χ3v) is 4.57. The number of hydrogen-bond donors (Lipinski definition) is 2. The van der Waals surface area contributed by atoms with Gasteiger partial charge in [-0.3, -0.25) is 5.32 Å². The van der Waals surface area contributed by atoms with Crippen molar-refractivity contribution in [1.82, 2.24) is 15.3 Å². The third-order valence-electron chi connectivity index (χ3n) is 4.57. The zero-order valence-corrected chi connectivity index (χ0v) is 13.3. The Morgan fingerprint density at radius 3 is 3.04 bits per heavy atom. The van der Waals surface area contributed by atoms with Crippen LogP contribution in [-0.4, -0.2) is 9.97 Å². The molecule has 2 N–H and O–H groups in total. The van der Waals surface area contributed by atoms with Crippen molar-refractivity contribution in [3.8, 4) is 0 Å². The quantitative estimate of drug-likeness (QED) is 0.701. The number of para-hydroxylation sites is 1. The standard InChI is InChI=1S/C19H21N3O/c1-2-3-4-9-16-19-14(13-7-5-6-8-15(13)22-19)10-17(21-16)18-11-20-12-23-18/h3-8,11-12,16-17,21-22H,2,9-10H2,1H3/b4-3-/t16-,17-/m0/s1. The summed E-state index contributed by atoms with van der Waals surface area (Å²) in [6.45, 7) is 2.16. The third kappa shape index (κ3) is 2.59. The average Bonchev–Trinajstić information content (AvgIpc) is 3.22. The molecule has 23 heavy (non-hydrogen) atoms. The molecule has 0 saturated carbocycles. The van der Waals surface area contributed by atoms with Gasteiger partial charge in [-0.2, -0.15) is 0 Å². The first-order valence-electron chi connectivity index (χ1n) is 8.25. The predicted octanol–water partition coefficient (Wildman–Crippen LogP) is 4.44. The van der Waals surface area contributed by atoms with Gasteiger partial charge in [-0.1, -0.05) is 37.3 Å². The molecule has 0 spiro atoms. The number of allylic oxidation sites excluding steroid dienone is 1. The Kier molecular flexibility index (Phi) is 3.75. The maximum absolute atomic E-state index is 5.55. The van der Waals surface area contributed by atoms with E-state index in [9.17, 15) is 0 Å². The Labute approximate surface area is 135 Å². The van der Waals surface area contributed by atoms with Crippen molar-refractivity contribution >= 4 is 10.9 Å². The van der Waals surface area contributed by atoms with Crippen molar-refractivity contribution < 1.29 is 4.42 Å². The van der Waals surface area contributed by atoms with Crippen LogP contribution in [-0.2, 0) is 6.42 Å². The van der Waals surface area contributed by atoms with Gasteiger partial charge in [-0.25, -0.2) is 4.98 Å². The number of benzene rings is 1. The Balaban J connectivity index is 1.76. The Morgan fingerprint density at radius 1 is 1.30 bits per heavy atom. The van der Waals surface area contributed by atoms with Gasteiger partial charge in [0.15, 0.2) is 6.39 Å². The molecule has 0 aliphatic carbocycles. The second-order valence-corrected chi connectivity index (χ2v) is 6.06. The van der Waals surface area contributed by atoms with E-state index in [0.29, 0.717) is 0 Å². The number of nitrogens with zero attached hydrogens (tertiary/aromatic N) is 1. The lowest BCUT2D eigenvalue weighted by Gasteiger charge is -2.29. The molecule has 4 nitrogen and oxygen atoms in total. The number of H-pyrrole nitrogens is 1. The van der Waals surface area contributed by atoms with Crippen molar-refractivity contribution in [2.45, 2.75) is 38.3 Å². The molecule has 0 radical (unpaired) electrons. The Bertz CT molecular complexity index is 816. The Hall–Kier alpha value is -2.33. The number of nitrogens with one attached hydrogen (secondary N) is 2. The van der Waals surface area contributed by atoms with Crippen LogP contribution in [0.1, 0.15) is 48.9 Å². The fourth-order valence-corrected chi connectivity index (χ4v) is 3.49. The second-order valence-electron chi connectivity index (χ2n) is 6.06. The molecule has 1 aliphatic rings. The maximum Gasteiger partial charge on any atom is 0.180 e. The van der Waals surface area contributed by atoms with Gasteiger partial charge in [0.05, 0.1) is 18.3 Å². The van der Waals surface area contributed by atoms with Crippen LogP contribution in [0.25, 0.3) is 10.9 Å². The van der Waals surface area contributed by atoms with Gasteiger partial charge in [-0.15, -0.1) is 0 Å². The molecule has 3 heterocycles. The molecule has 1 aliphatic heterocycles. The van der Waals surface area contributed by atoms with Crippen molar-refractivity contribution in [2.75, 3.05) is 0 Å². The second kappa shape index (κ2) is 6.05. The molecular formula is C19H21N3O. The lowest BCUT2D eigenvalue weighted by atomic mass is 9.91. The summed E-state index contributed by atoms with van der Waals surface area (Å²) >= 11 is 0. The van der Waals surface area contributed by atoms with Gasteiger partial charge in [0, 0.05) is 16.6 Å². The molecule has 0 bridgehead atoms. The van der Waals surface area contributed by atoms with Crippen LogP contribution < -0.4 is 5.32 Å². The van der Waals surface area contributed by atoms with E-state index in [0.717, 1.165) is 25.0 Å². The normalized spacial score (nSPS) is 21.1. The number of rotatable bonds is 4. The minimum Gasteiger partial charge on any atom is -0.447 e. The maximum atomic E-state index is 5.55. The monoisotopic (exact) mass is 307 g/mol. The van der Waals surface area contributed by atoms with Crippen LogP contribution in [0, 0.1) is 0 Å². The summed E-state index contributed by atoms with van der Waals surface area (Å²) in [6.07, 6.45) is 10.8. The summed E-state index contributed by atoms with van der Waals surface area (Å²) in [5, 5.41) is 5.03. The van der Waals surface area contributed by atoms with E-state index < -0.39 is 0 Å². The van der Waals surface area contributed by atoms with E-state index in [1.54, 1.807) is 0 Å². The van der Waals surface area contributed by atoms with Gasteiger partial charge in [-0.05, 0) is 30.9 Å². The van der Waals surface area contributed by atoms with Crippen LogP contribution in [0.3, 0.4) is 0 Å². The molecule has 4 rings (SSSR count). The Morgan fingerprint density at radius 2 is 2.22 bits per heavy atom. The van der Waals surface area contributed by atoms with Crippen LogP contribution in [0.4, 0.5) is 0 Å². The topological polar surface area (TPSA) is 53.9 Å². The number of aromatic amines is 1. The average molecular weight is 307 g/mol. The number of oxazole rings is 1. The van der Waals surface area contributed by atoms with E-state index >= 15 is 0 Å². The van der Waals surface area contributed by atoms with Crippen molar-refractivity contribution in [3.05, 3.63) is 66.0 Å². The van der Waals surface area contributed by atoms with Gasteiger partial charge < -0.3 is 9.40 Å². The van der Waals surface area contributed by atoms with Crippen molar-refractivity contribution in [1.29, 1.82) is 0 Å². The summed E-state index contributed by atoms with van der Waals surface area (Å²) in [5.41, 5.74) is 3.92. The van der Waals surface area contributed by atoms with E-state index in [1.807, 2.05) is 6.20 Å². The van der Waals surface area contributed by atoms with Gasteiger partial charge in [0.2, 0.25) is 0 Å². The molecule has 2 atom stereocenters. The first-order valence-corrected chi connectivity index (χ1v) is 8.25. The summed E-state index contributed by atoms with van der Waals surface area (Å²) < 4.78 is 5.55. The molecule has 1 aromatic carbocycles. The fraction of sp³-hybridized carbons (Fsp3) is 0.316. The minimum absolute atomic E-state index is 0.171. The van der Waals surface area contributed by atoms with Crippen LogP contribution in [0.15, 0.2) is 53.4 Å². The molecule has 4 heteroatoms. The summed E-state index contributed by atoms with van der Waals surface area (Å²) in [7, 11) is 0. The van der Waals surface area contributed by atoms with Gasteiger partial charge in [0.25, 0.3) is 0 Å². The predicted molar refractivity (Wildman–Crippen MR) is 91.2 cm³/mol. The molecule has 0 fully saturated rings. The summed E-state index contributed by atoms with van der Waals surface area (Å²) in [4.78, 5) is 7.69. The summed E-state index contributed by atoms with van der Waals surface area (Å²) in [5.74, 6) is 0.908. The summed E-state index contributed by atoms with van der Waals surface area (Å²) in [6, 6.07) is 8.97. The van der Waals surface area contributed by atoms with Crippen LogP contribution in [0.5, 0.6) is 0 Å². The number of hydrogen-bond acceptors (Lipinski definition) is 3. The lowest BCUT2D eigenvalue weighted by molar-refractivity contribution is 0.350. The highest BCUT2D eigenvalue weighted by Crippen LogP contribution is 2.37. The molecular weight excluding hydrogens is 286 g/mol. The van der Waals surface area contributed by atoms with E-state index in [1.165, 1.54) is 28.6 Å². The van der Waals surface area contributed by atoms with E-state index in [-0.39, 0.29) is 12.1 Å². The number of fused-ring (bicyclic) bond motifs is 3. The first kappa shape index (κ1) is 14.3. The molecule has 0 saturated heterocycles. The minimum atomic E-state index is 0.171. The van der Waals surface area contributed by atoms with Gasteiger partial charge in [0.1, 0.15) is 5.76 Å². The van der Waals surface area contributed by atoms with Crippen LogP contribution in [0.2, 0.25) is 0 Å². The first-order chi connectivity index (χ1) is 11.4. The van der Waals surface area contributed by atoms with E-state index in [4.69, 9.17) is 4.42 Å². The molecule has 3 aromatic rings. The molecule has 2 aromatic heterocycles. The number of aromatic nitrogens is 2. The fourth-order valence-electron chi connectivity index (χ4n) is 3.49. The smallest absolute Gasteiger partial charge is 0.180 e. The van der Waals surface area contributed by atoms with E-state index in [2.05, 4.69) is 58.6 Å².